The average Bonchev–Trinajstić information content (AvgIpc) is 3.10. The summed E-state index contributed by atoms with van der Waals surface area (Å²) in [6.07, 6.45) is 2.99. The summed E-state index contributed by atoms with van der Waals surface area (Å²) >= 11 is 0. The van der Waals surface area contributed by atoms with Gasteiger partial charge in [-0.05, 0) is 47.9 Å². The van der Waals surface area contributed by atoms with Crippen LogP contribution in [-0.2, 0) is 19.0 Å². The monoisotopic (exact) mass is 418 g/mol. The number of fused-ring (bicyclic) bond motifs is 1. The minimum atomic E-state index is -1.19. The second-order valence-electron chi connectivity index (χ2n) is 9.83. The van der Waals surface area contributed by atoms with E-state index in [2.05, 4.69) is 52.0 Å². The molecule has 4 nitrogen and oxygen atoms in total. The third-order valence-electron chi connectivity index (χ3n) is 7.33. The van der Waals surface area contributed by atoms with E-state index in [1.54, 1.807) is 6.26 Å². The summed E-state index contributed by atoms with van der Waals surface area (Å²) < 4.78 is 19.4. The summed E-state index contributed by atoms with van der Waals surface area (Å²) in [5.41, 5.74) is 5.29. The molecule has 0 bridgehead atoms. The van der Waals surface area contributed by atoms with Crippen molar-refractivity contribution >= 4 is 5.78 Å². The van der Waals surface area contributed by atoms with E-state index in [0.717, 1.165) is 34.2 Å². The molecule has 0 radical (unpaired) electrons. The molecule has 0 amide bonds. The van der Waals surface area contributed by atoms with Gasteiger partial charge in [-0.3, -0.25) is 4.79 Å². The van der Waals surface area contributed by atoms with Crippen LogP contribution in [-0.4, -0.2) is 11.8 Å². The van der Waals surface area contributed by atoms with Crippen LogP contribution in [0.15, 0.2) is 60.4 Å². The maximum atomic E-state index is 12.6. The van der Waals surface area contributed by atoms with Crippen molar-refractivity contribution in [1.29, 1.82) is 0 Å². The van der Waals surface area contributed by atoms with E-state index in [4.69, 9.17) is 14.2 Å². The molecule has 1 saturated carbocycles. The smallest absolute Gasteiger partial charge is 0.328 e. The molecule has 4 heteroatoms. The number of Topliss-reactive ketones (excluding diaryl/α,β-unsaturated/α-hetero) is 1. The van der Waals surface area contributed by atoms with Gasteiger partial charge < -0.3 is 14.2 Å². The lowest BCUT2D eigenvalue weighted by Crippen LogP contribution is -2.46. The van der Waals surface area contributed by atoms with Gasteiger partial charge in [0.1, 0.15) is 12.2 Å². The van der Waals surface area contributed by atoms with Crippen LogP contribution >= 0.6 is 0 Å². The zero-order chi connectivity index (χ0) is 21.8. The molecule has 0 unspecified atom stereocenters. The minimum absolute atomic E-state index is 0.0118. The number of rotatable bonds is 2. The molecule has 2 fully saturated rings. The van der Waals surface area contributed by atoms with Crippen LogP contribution in [0.1, 0.15) is 67.6 Å². The van der Waals surface area contributed by atoms with Gasteiger partial charge in [-0.25, -0.2) is 0 Å². The SMILES string of the molecule is Cc1ccccc1[C@@H]1OC2(C[C@H]3C(=CO2)C(=O)CCC3(C)C)O[C@H]1c1ccccc1C. The Morgan fingerprint density at radius 3 is 1.97 bits per heavy atom. The van der Waals surface area contributed by atoms with E-state index in [-0.39, 0.29) is 29.3 Å². The number of hydrogen-bond acceptors (Lipinski definition) is 4. The minimum Gasteiger partial charge on any atom is -0.446 e. The number of carbonyl (C=O) groups is 1. The lowest BCUT2D eigenvalue weighted by molar-refractivity contribution is -0.336. The lowest BCUT2D eigenvalue weighted by Gasteiger charge is -2.45. The Bertz CT molecular complexity index is 997. The van der Waals surface area contributed by atoms with Crippen molar-refractivity contribution in [3.05, 3.63) is 82.6 Å². The van der Waals surface area contributed by atoms with Gasteiger partial charge in [0.05, 0.1) is 6.26 Å². The van der Waals surface area contributed by atoms with Gasteiger partial charge in [0.15, 0.2) is 5.78 Å². The highest BCUT2D eigenvalue weighted by atomic mass is 16.9. The first-order valence-corrected chi connectivity index (χ1v) is 11.2. The van der Waals surface area contributed by atoms with Crippen molar-refractivity contribution in [2.24, 2.45) is 11.3 Å². The first kappa shape index (κ1) is 20.5. The fraction of sp³-hybridized carbons (Fsp3) is 0.444. The van der Waals surface area contributed by atoms with Gasteiger partial charge in [0.2, 0.25) is 0 Å². The van der Waals surface area contributed by atoms with Crippen molar-refractivity contribution in [2.75, 3.05) is 0 Å². The van der Waals surface area contributed by atoms with E-state index in [9.17, 15) is 4.79 Å². The van der Waals surface area contributed by atoms with Crippen LogP contribution in [0.25, 0.3) is 0 Å². The van der Waals surface area contributed by atoms with Gasteiger partial charge in [-0.2, -0.15) is 0 Å². The van der Waals surface area contributed by atoms with E-state index in [1.165, 1.54) is 0 Å². The maximum Gasteiger partial charge on any atom is 0.328 e. The van der Waals surface area contributed by atoms with Crippen LogP contribution in [0.4, 0.5) is 0 Å². The van der Waals surface area contributed by atoms with Gasteiger partial charge in [0, 0.05) is 24.3 Å². The molecule has 162 valence electrons. The predicted octanol–water partition coefficient (Wildman–Crippen LogP) is 6.10. The molecule has 31 heavy (non-hydrogen) atoms. The summed E-state index contributed by atoms with van der Waals surface area (Å²) in [6.45, 7) is 8.65. The predicted molar refractivity (Wildman–Crippen MR) is 118 cm³/mol. The van der Waals surface area contributed by atoms with E-state index in [1.807, 2.05) is 24.3 Å². The molecule has 5 rings (SSSR count). The van der Waals surface area contributed by atoms with Crippen LogP contribution in [0.2, 0.25) is 0 Å². The van der Waals surface area contributed by atoms with Crippen LogP contribution in [0, 0.1) is 25.2 Å². The zero-order valence-corrected chi connectivity index (χ0v) is 18.7. The molecule has 2 aliphatic heterocycles. The van der Waals surface area contributed by atoms with Crippen molar-refractivity contribution in [2.45, 2.75) is 65.1 Å². The Hall–Kier alpha value is -2.43. The number of benzene rings is 2. The van der Waals surface area contributed by atoms with Crippen molar-refractivity contribution in [3.63, 3.8) is 0 Å². The second-order valence-corrected chi connectivity index (χ2v) is 9.83. The molecule has 1 spiro atoms. The number of carbonyl (C=O) groups excluding carboxylic acids is 1. The highest BCUT2D eigenvalue weighted by Gasteiger charge is 2.57. The standard InChI is InChI=1S/C27H30O4/c1-17-9-5-7-11-19(17)24-25(20-12-8-6-10-18(20)2)31-27(30-24)15-22-21(16-29-27)23(28)13-14-26(22,3)4/h5-12,16,22,24-25H,13-15H2,1-4H3/t22-,24-,25-/m0/s1. The molecule has 1 aliphatic carbocycles. The zero-order valence-electron chi connectivity index (χ0n) is 18.7. The Kier molecular flexibility index (Phi) is 4.83. The highest BCUT2D eigenvalue weighted by molar-refractivity contribution is 5.96. The number of aryl methyl sites for hydroxylation is 2. The van der Waals surface area contributed by atoms with Gasteiger partial charge in [-0.15, -0.1) is 0 Å². The highest BCUT2D eigenvalue weighted by Crippen LogP contribution is 2.56. The van der Waals surface area contributed by atoms with Crippen molar-refractivity contribution in [1.82, 2.24) is 0 Å². The fourth-order valence-electron chi connectivity index (χ4n) is 5.31. The summed E-state index contributed by atoms with van der Waals surface area (Å²) in [5.74, 6) is -0.957. The third-order valence-corrected chi connectivity index (χ3v) is 7.33. The Labute approximate surface area is 184 Å². The molecule has 0 aromatic heterocycles. The molecule has 3 aliphatic rings. The quantitative estimate of drug-likeness (QED) is 0.591. The van der Waals surface area contributed by atoms with Gasteiger partial charge in [-0.1, -0.05) is 62.4 Å². The molecule has 3 atom stereocenters. The summed E-state index contributed by atoms with van der Waals surface area (Å²) in [4.78, 5) is 12.6. The molecule has 2 aromatic carbocycles. The topological polar surface area (TPSA) is 44.8 Å². The second kappa shape index (κ2) is 7.32. The number of ketones is 1. The maximum absolute atomic E-state index is 12.6. The van der Waals surface area contributed by atoms with Crippen LogP contribution < -0.4 is 0 Å². The average molecular weight is 419 g/mol. The Morgan fingerprint density at radius 2 is 1.42 bits per heavy atom. The first-order chi connectivity index (χ1) is 14.8. The number of ether oxygens (including phenoxy) is 3. The molecular weight excluding hydrogens is 388 g/mol. The molecule has 1 saturated heterocycles. The van der Waals surface area contributed by atoms with Crippen molar-refractivity contribution in [3.8, 4) is 0 Å². The number of allylic oxidation sites excluding steroid dienone is 1. The Morgan fingerprint density at radius 1 is 0.871 bits per heavy atom. The van der Waals surface area contributed by atoms with Gasteiger partial charge in [0.25, 0.3) is 0 Å². The van der Waals surface area contributed by atoms with Gasteiger partial charge >= 0.3 is 5.97 Å². The van der Waals surface area contributed by atoms with Crippen LogP contribution in [0.5, 0.6) is 0 Å². The summed E-state index contributed by atoms with van der Waals surface area (Å²) in [5, 5.41) is 0. The summed E-state index contributed by atoms with van der Waals surface area (Å²) in [7, 11) is 0. The van der Waals surface area contributed by atoms with Crippen molar-refractivity contribution < 1.29 is 19.0 Å². The van der Waals surface area contributed by atoms with E-state index in [0.29, 0.717) is 12.8 Å². The largest absolute Gasteiger partial charge is 0.446 e. The molecule has 0 N–H and O–H groups in total. The lowest BCUT2D eigenvalue weighted by atomic mass is 9.64. The van der Waals surface area contributed by atoms with E-state index < -0.39 is 5.97 Å². The molecular formula is C27H30O4. The fourth-order valence-corrected chi connectivity index (χ4v) is 5.31. The van der Waals surface area contributed by atoms with E-state index >= 15 is 0 Å². The van der Waals surface area contributed by atoms with Crippen LogP contribution in [0.3, 0.4) is 0 Å². The summed E-state index contributed by atoms with van der Waals surface area (Å²) in [6, 6.07) is 16.5. The normalized spacial score (nSPS) is 28.7. The molecule has 2 heterocycles. The third kappa shape index (κ3) is 3.42. The molecule has 2 aromatic rings. The Balaban J connectivity index is 1.57. The first-order valence-electron chi connectivity index (χ1n) is 11.2. The number of hydrogen-bond donors (Lipinski definition) is 0.